The minimum atomic E-state index is -0.604. The average molecular weight is 241 g/mol. The molecule has 5 N–H and O–H groups in total. The molecule has 14 heavy (non-hydrogen) atoms. The van der Waals surface area contributed by atoms with Gasteiger partial charge in [-0.2, -0.15) is 0 Å². The normalized spacial score (nSPS) is 12.0. The first-order chi connectivity index (χ1) is 6.06. The van der Waals surface area contributed by atoms with Crippen LogP contribution in [0, 0.1) is 5.82 Å². The average Bonchev–Trinajstić information content (AvgIpc) is 2.10. The molecule has 1 aromatic carbocycles. The van der Waals surface area contributed by atoms with Crippen molar-refractivity contribution in [3.05, 3.63) is 28.5 Å². The molecular weight excluding hydrogens is 230 g/mol. The van der Waals surface area contributed by atoms with Crippen LogP contribution in [0.2, 0.25) is 5.02 Å². The lowest BCUT2D eigenvalue weighted by atomic mass is 10.1. The Hall–Kier alpha value is -0.550. The Balaban J connectivity index is 0.00000169. The summed E-state index contributed by atoms with van der Waals surface area (Å²) in [6.45, 7) is 0.118. The molecule has 0 saturated carbocycles. The fourth-order valence-corrected chi connectivity index (χ4v) is 1.21. The van der Waals surface area contributed by atoms with Gasteiger partial charge in [-0.15, -0.1) is 12.4 Å². The second-order valence-corrected chi connectivity index (χ2v) is 3.07. The van der Waals surface area contributed by atoms with Crippen molar-refractivity contribution >= 4 is 24.0 Å². The van der Waals surface area contributed by atoms with E-state index in [1.807, 2.05) is 0 Å². The Bertz CT molecular complexity index is 322. The monoisotopic (exact) mass is 240 g/mol. The van der Waals surface area contributed by atoms with Crippen LogP contribution >= 0.6 is 24.0 Å². The van der Waals surface area contributed by atoms with Gasteiger partial charge < -0.3 is 16.6 Å². The van der Waals surface area contributed by atoms with Crippen molar-refractivity contribution < 1.29 is 9.50 Å². The number of aromatic hydroxyl groups is 1. The smallest absolute Gasteiger partial charge is 0.139 e. The number of benzene rings is 1. The second-order valence-electron chi connectivity index (χ2n) is 2.67. The van der Waals surface area contributed by atoms with Gasteiger partial charge in [0.2, 0.25) is 0 Å². The lowest BCUT2D eigenvalue weighted by Gasteiger charge is -2.12. The van der Waals surface area contributed by atoms with Gasteiger partial charge in [0.1, 0.15) is 11.6 Å². The SMILES string of the molecule is Cl.NC[C@H](N)c1cc(F)cc(Cl)c1O. The summed E-state index contributed by atoms with van der Waals surface area (Å²) in [6, 6.07) is 1.54. The molecule has 0 aromatic heterocycles. The van der Waals surface area contributed by atoms with E-state index in [4.69, 9.17) is 23.1 Å². The van der Waals surface area contributed by atoms with Gasteiger partial charge in [-0.3, -0.25) is 0 Å². The number of nitrogens with two attached hydrogens (primary N) is 2. The van der Waals surface area contributed by atoms with Crippen molar-refractivity contribution in [2.75, 3.05) is 6.54 Å². The van der Waals surface area contributed by atoms with Crippen LogP contribution in [-0.4, -0.2) is 11.7 Å². The summed E-state index contributed by atoms with van der Waals surface area (Å²) in [5.74, 6) is -0.747. The minimum Gasteiger partial charge on any atom is -0.506 e. The molecular formula is C8H11Cl2FN2O. The van der Waals surface area contributed by atoms with Crippen molar-refractivity contribution in [3.8, 4) is 5.75 Å². The highest BCUT2D eigenvalue weighted by atomic mass is 35.5. The summed E-state index contributed by atoms with van der Waals surface area (Å²) in [7, 11) is 0. The van der Waals surface area contributed by atoms with E-state index in [9.17, 15) is 9.50 Å². The molecule has 0 bridgehead atoms. The van der Waals surface area contributed by atoms with Gasteiger partial charge in [-0.1, -0.05) is 11.6 Å². The Morgan fingerprint density at radius 2 is 2.07 bits per heavy atom. The molecule has 0 aliphatic carbocycles. The third kappa shape index (κ3) is 2.72. The fraction of sp³-hybridized carbons (Fsp3) is 0.250. The second kappa shape index (κ2) is 5.36. The van der Waals surface area contributed by atoms with Crippen molar-refractivity contribution in [2.45, 2.75) is 6.04 Å². The Morgan fingerprint density at radius 3 is 2.57 bits per heavy atom. The van der Waals surface area contributed by atoms with Crippen molar-refractivity contribution in [1.29, 1.82) is 0 Å². The van der Waals surface area contributed by atoms with Crippen molar-refractivity contribution in [2.24, 2.45) is 11.5 Å². The van der Waals surface area contributed by atoms with Crippen molar-refractivity contribution in [1.82, 2.24) is 0 Å². The molecule has 0 unspecified atom stereocenters. The first kappa shape index (κ1) is 13.4. The largest absolute Gasteiger partial charge is 0.506 e. The summed E-state index contributed by atoms with van der Waals surface area (Å²) in [4.78, 5) is 0. The maximum absolute atomic E-state index is 12.8. The van der Waals surface area contributed by atoms with Gasteiger partial charge in [0, 0.05) is 18.2 Å². The molecule has 0 amide bonds. The molecule has 6 heteroatoms. The van der Waals surface area contributed by atoms with E-state index in [0.29, 0.717) is 0 Å². The van der Waals surface area contributed by atoms with E-state index >= 15 is 0 Å². The van der Waals surface area contributed by atoms with E-state index < -0.39 is 11.9 Å². The Morgan fingerprint density at radius 1 is 1.50 bits per heavy atom. The van der Waals surface area contributed by atoms with Gasteiger partial charge in [0.05, 0.1) is 5.02 Å². The zero-order valence-electron chi connectivity index (χ0n) is 7.21. The van der Waals surface area contributed by atoms with Crippen LogP contribution in [0.25, 0.3) is 0 Å². The van der Waals surface area contributed by atoms with E-state index in [1.54, 1.807) is 0 Å². The summed E-state index contributed by atoms with van der Waals surface area (Å²) >= 11 is 5.53. The van der Waals surface area contributed by atoms with Crippen molar-refractivity contribution in [3.63, 3.8) is 0 Å². The molecule has 1 rings (SSSR count). The summed E-state index contributed by atoms with van der Waals surface area (Å²) < 4.78 is 12.8. The van der Waals surface area contributed by atoms with Crippen LogP contribution in [0.3, 0.4) is 0 Å². The van der Waals surface area contributed by atoms with Crippen LogP contribution in [0.1, 0.15) is 11.6 Å². The molecule has 1 atom stereocenters. The van der Waals surface area contributed by atoms with E-state index in [1.165, 1.54) is 0 Å². The number of phenols is 1. The van der Waals surface area contributed by atoms with E-state index in [-0.39, 0.29) is 35.3 Å². The van der Waals surface area contributed by atoms with E-state index in [0.717, 1.165) is 12.1 Å². The third-order valence-electron chi connectivity index (χ3n) is 1.71. The maximum Gasteiger partial charge on any atom is 0.139 e. The molecule has 3 nitrogen and oxygen atoms in total. The Labute approximate surface area is 92.3 Å². The van der Waals surface area contributed by atoms with Crippen LogP contribution < -0.4 is 11.5 Å². The van der Waals surface area contributed by atoms with Crippen LogP contribution in [-0.2, 0) is 0 Å². The van der Waals surface area contributed by atoms with Crippen LogP contribution in [0.15, 0.2) is 12.1 Å². The molecule has 0 fully saturated rings. The summed E-state index contributed by atoms with van der Waals surface area (Å²) in [5.41, 5.74) is 11.0. The lowest BCUT2D eigenvalue weighted by Crippen LogP contribution is -2.21. The highest BCUT2D eigenvalue weighted by Crippen LogP contribution is 2.31. The molecule has 1 aromatic rings. The van der Waals surface area contributed by atoms with Crippen LogP contribution in [0.5, 0.6) is 5.75 Å². The number of halogens is 3. The van der Waals surface area contributed by atoms with Crippen LogP contribution in [0.4, 0.5) is 4.39 Å². The predicted molar refractivity (Wildman–Crippen MR) is 56.3 cm³/mol. The topological polar surface area (TPSA) is 72.3 Å². The minimum absolute atomic E-state index is 0. The zero-order chi connectivity index (χ0) is 10.0. The molecule has 0 aliphatic rings. The van der Waals surface area contributed by atoms with Gasteiger partial charge in [0.25, 0.3) is 0 Å². The highest BCUT2D eigenvalue weighted by molar-refractivity contribution is 6.32. The van der Waals surface area contributed by atoms with E-state index in [2.05, 4.69) is 0 Å². The zero-order valence-corrected chi connectivity index (χ0v) is 8.78. The van der Waals surface area contributed by atoms with Gasteiger partial charge in [0.15, 0.2) is 0 Å². The fourth-order valence-electron chi connectivity index (χ4n) is 0.996. The van der Waals surface area contributed by atoms with Gasteiger partial charge in [-0.05, 0) is 12.1 Å². The molecule has 0 saturated heterocycles. The first-order valence-corrected chi connectivity index (χ1v) is 4.07. The Kier molecular flexibility index (Phi) is 5.15. The molecule has 80 valence electrons. The standard InChI is InChI=1S/C8H10ClFN2O.ClH/c9-6-2-4(10)1-5(8(6)13)7(12)3-11;/h1-2,7,13H,3,11-12H2;1H/t7-;/m0./s1. The summed E-state index contributed by atoms with van der Waals surface area (Å²) in [6.07, 6.45) is 0. The molecule has 0 spiro atoms. The van der Waals surface area contributed by atoms with Gasteiger partial charge in [-0.25, -0.2) is 4.39 Å². The number of phenolic OH excluding ortho intramolecular Hbond substituents is 1. The lowest BCUT2D eigenvalue weighted by molar-refractivity contribution is 0.459. The molecule has 0 aliphatic heterocycles. The first-order valence-electron chi connectivity index (χ1n) is 3.69. The molecule has 0 radical (unpaired) electrons. The predicted octanol–water partition coefficient (Wildman–Crippen LogP) is 1.56. The van der Waals surface area contributed by atoms with Gasteiger partial charge >= 0.3 is 0 Å². The molecule has 0 heterocycles. The summed E-state index contributed by atoms with van der Waals surface area (Å²) in [5, 5.41) is 9.33. The maximum atomic E-state index is 12.8. The number of rotatable bonds is 2. The quantitative estimate of drug-likeness (QED) is 0.735. The third-order valence-corrected chi connectivity index (χ3v) is 2.00. The number of hydrogen-bond donors (Lipinski definition) is 3. The highest BCUT2D eigenvalue weighted by Gasteiger charge is 2.13. The number of hydrogen-bond acceptors (Lipinski definition) is 3.